The Morgan fingerprint density at radius 3 is 2.53 bits per heavy atom. The Hall–Kier alpha value is -1.35. The summed E-state index contributed by atoms with van der Waals surface area (Å²) in [6, 6.07) is 4.06. The Bertz CT molecular complexity index is 496. The number of carbonyl (C=O) groups is 1. The van der Waals surface area contributed by atoms with Crippen molar-refractivity contribution in [3.8, 4) is 0 Å². The second-order valence-electron chi connectivity index (χ2n) is 5.88. The molecule has 2 atom stereocenters. The number of hydrogen-bond acceptors (Lipinski definition) is 2. The van der Waals surface area contributed by atoms with E-state index in [4.69, 9.17) is 0 Å². The molecule has 1 aromatic carbocycles. The van der Waals surface area contributed by atoms with Crippen LogP contribution in [0, 0.1) is 26.7 Å². The molecule has 2 rings (SSSR count). The van der Waals surface area contributed by atoms with Gasteiger partial charge in [-0.05, 0) is 61.9 Å². The van der Waals surface area contributed by atoms with Gasteiger partial charge in [-0.3, -0.25) is 9.69 Å². The highest BCUT2D eigenvalue weighted by atomic mass is 16.4. The highest BCUT2D eigenvalue weighted by Gasteiger charge is 2.36. The molecule has 1 aromatic rings. The highest BCUT2D eigenvalue weighted by Crippen LogP contribution is 2.27. The third kappa shape index (κ3) is 2.81. The van der Waals surface area contributed by atoms with E-state index < -0.39 is 5.97 Å². The van der Waals surface area contributed by atoms with E-state index in [-0.39, 0.29) is 12.0 Å². The Morgan fingerprint density at radius 2 is 1.89 bits per heavy atom. The smallest absolute Gasteiger partial charge is 0.321 e. The molecule has 1 N–H and O–H groups in total. The first-order valence-corrected chi connectivity index (χ1v) is 6.93. The van der Waals surface area contributed by atoms with Crippen molar-refractivity contribution >= 4 is 5.97 Å². The summed E-state index contributed by atoms with van der Waals surface area (Å²) in [5.74, 6) is -0.448. The molecule has 0 spiro atoms. The van der Waals surface area contributed by atoms with Crippen LogP contribution in [-0.2, 0) is 11.3 Å². The zero-order chi connectivity index (χ0) is 14.2. The van der Waals surface area contributed by atoms with Crippen LogP contribution in [0.4, 0.5) is 0 Å². The Kier molecular flexibility index (Phi) is 3.95. The maximum atomic E-state index is 11.4. The lowest BCUT2D eigenvalue weighted by molar-refractivity contribution is -0.143. The van der Waals surface area contributed by atoms with E-state index in [9.17, 15) is 9.90 Å². The van der Waals surface area contributed by atoms with Crippen LogP contribution in [0.2, 0.25) is 0 Å². The van der Waals surface area contributed by atoms with Crippen LogP contribution in [0.25, 0.3) is 0 Å². The molecule has 0 amide bonds. The predicted molar refractivity (Wildman–Crippen MR) is 76.3 cm³/mol. The average Bonchev–Trinajstić information content (AvgIpc) is 2.67. The lowest BCUT2D eigenvalue weighted by Crippen LogP contribution is -2.38. The van der Waals surface area contributed by atoms with E-state index in [2.05, 4.69) is 37.8 Å². The van der Waals surface area contributed by atoms with Crippen molar-refractivity contribution < 1.29 is 9.90 Å². The molecule has 0 aliphatic carbocycles. The van der Waals surface area contributed by atoms with Gasteiger partial charge in [-0.2, -0.15) is 0 Å². The van der Waals surface area contributed by atoms with Crippen molar-refractivity contribution in [2.45, 2.75) is 46.7 Å². The fourth-order valence-electron chi connectivity index (χ4n) is 3.01. The molecular formula is C16H23NO2. The summed E-state index contributed by atoms with van der Waals surface area (Å²) in [5.41, 5.74) is 5.08. The van der Waals surface area contributed by atoms with E-state index in [1.54, 1.807) is 0 Å². The minimum Gasteiger partial charge on any atom is -0.480 e. The number of nitrogens with zero attached hydrogens (tertiary/aromatic N) is 1. The van der Waals surface area contributed by atoms with Crippen LogP contribution < -0.4 is 0 Å². The SMILES string of the molecule is Cc1cc(C)c(CN2CCC(C)C2C(=O)O)cc1C. The van der Waals surface area contributed by atoms with Crippen LogP contribution in [0.5, 0.6) is 0 Å². The first-order valence-electron chi connectivity index (χ1n) is 6.93. The van der Waals surface area contributed by atoms with Crippen molar-refractivity contribution in [1.82, 2.24) is 4.90 Å². The van der Waals surface area contributed by atoms with Gasteiger partial charge < -0.3 is 5.11 Å². The summed E-state index contributed by atoms with van der Waals surface area (Å²) in [7, 11) is 0. The molecular weight excluding hydrogens is 238 g/mol. The summed E-state index contributed by atoms with van der Waals surface area (Å²) in [4.78, 5) is 13.5. The van der Waals surface area contributed by atoms with Crippen LogP contribution in [0.3, 0.4) is 0 Å². The van der Waals surface area contributed by atoms with Crippen LogP contribution in [0.15, 0.2) is 12.1 Å². The van der Waals surface area contributed by atoms with Crippen molar-refractivity contribution in [2.24, 2.45) is 5.92 Å². The topological polar surface area (TPSA) is 40.5 Å². The van der Waals surface area contributed by atoms with Crippen LogP contribution >= 0.6 is 0 Å². The Labute approximate surface area is 115 Å². The van der Waals surface area contributed by atoms with Crippen molar-refractivity contribution in [3.05, 3.63) is 34.4 Å². The van der Waals surface area contributed by atoms with Gasteiger partial charge in [0.25, 0.3) is 0 Å². The lowest BCUT2D eigenvalue weighted by Gasteiger charge is -2.24. The number of aryl methyl sites for hydroxylation is 3. The molecule has 3 heteroatoms. The quantitative estimate of drug-likeness (QED) is 0.909. The summed E-state index contributed by atoms with van der Waals surface area (Å²) in [5, 5.41) is 9.36. The number of benzene rings is 1. The molecule has 2 unspecified atom stereocenters. The second kappa shape index (κ2) is 5.33. The first kappa shape index (κ1) is 14.1. The van der Waals surface area contributed by atoms with Gasteiger partial charge in [-0.15, -0.1) is 0 Å². The summed E-state index contributed by atoms with van der Waals surface area (Å²) in [6.07, 6.45) is 0.973. The van der Waals surface area contributed by atoms with Gasteiger partial charge >= 0.3 is 5.97 Å². The maximum absolute atomic E-state index is 11.4. The minimum atomic E-state index is -0.688. The molecule has 0 radical (unpaired) electrons. The van der Waals surface area contributed by atoms with Gasteiger partial charge in [0.2, 0.25) is 0 Å². The summed E-state index contributed by atoms with van der Waals surface area (Å²) >= 11 is 0. The van der Waals surface area contributed by atoms with Crippen molar-refractivity contribution in [1.29, 1.82) is 0 Å². The monoisotopic (exact) mass is 261 g/mol. The normalized spacial score (nSPS) is 23.8. The lowest BCUT2D eigenvalue weighted by atomic mass is 9.99. The number of rotatable bonds is 3. The van der Waals surface area contributed by atoms with E-state index in [1.165, 1.54) is 22.3 Å². The number of likely N-dealkylation sites (tertiary alicyclic amines) is 1. The third-order valence-corrected chi connectivity index (χ3v) is 4.38. The average molecular weight is 261 g/mol. The third-order valence-electron chi connectivity index (χ3n) is 4.38. The number of aliphatic carboxylic acids is 1. The molecule has 1 saturated heterocycles. The van der Waals surface area contributed by atoms with Gasteiger partial charge in [0.1, 0.15) is 6.04 Å². The van der Waals surface area contributed by atoms with Crippen molar-refractivity contribution in [3.63, 3.8) is 0 Å². The van der Waals surface area contributed by atoms with Crippen LogP contribution in [0.1, 0.15) is 35.6 Å². The molecule has 0 bridgehead atoms. The van der Waals surface area contributed by atoms with Gasteiger partial charge in [-0.25, -0.2) is 0 Å². The summed E-state index contributed by atoms with van der Waals surface area (Å²) in [6.45, 7) is 9.99. The van der Waals surface area contributed by atoms with Gasteiger partial charge in [-0.1, -0.05) is 19.1 Å². The van der Waals surface area contributed by atoms with E-state index in [1.807, 2.05) is 6.92 Å². The predicted octanol–water partition coefficient (Wildman–Crippen LogP) is 2.91. The van der Waals surface area contributed by atoms with E-state index in [0.717, 1.165) is 19.5 Å². The standard InChI is InChI=1S/C16H23NO2/c1-10-5-6-17(15(10)16(18)19)9-14-8-12(3)11(2)7-13(14)4/h7-8,10,15H,5-6,9H2,1-4H3,(H,18,19). The highest BCUT2D eigenvalue weighted by molar-refractivity contribution is 5.74. The number of carboxylic acids is 1. The zero-order valence-corrected chi connectivity index (χ0v) is 12.2. The molecule has 1 aliphatic rings. The number of carboxylic acid groups (broad SMARTS) is 1. The second-order valence-corrected chi connectivity index (χ2v) is 5.88. The molecule has 3 nitrogen and oxygen atoms in total. The minimum absolute atomic E-state index is 0.240. The number of hydrogen-bond donors (Lipinski definition) is 1. The maximum Gasteiger partial charge on any atom is 0.321 e. The molecule has 1 heterocycles. The Morgan fingerprint density at radius 1 is 1.26 bits per heavy atom. The van der Waals surface area contributed by atoms with E-state index >= 15 is 0 Å². The van der Waals surface area contributed by atoms with E-state index in [0.29, 0.717) is 0 Å². The summed E-state index contributed by atoms with van der Waals surface area (Å²) < 4.78 is 0. The van der Waals surface area contributed by atoms with Gasteiger partial charge in [0, 0.05) is 6.54 Å². The molecule has 104 valence electrons. The van der Waals surface area contributed by atoms with Gasteiger partial charge in [0.05, 0.1) is 0 Å². The Balaban J connectivity index is 2.21. The first-order chi connectivity index (χ1) is 8.90. The fraction of sp³-hybridized carbons (Fsp3) is 0.562. The fourth-order valence-corrected chi connectivity index (χ4v) is 3.01. The molecule has 1 fully saturated rings. The molecule has 0 saturated carbocycles. The largest absolute Gasteiger partial charge is 0.480 e. The van der Waals surface area contributed by atoms with Crippen LogP contribution in [-0.4, -0.2) is 28.6 Å². The molecule has 19 heavy (non-hydrogen) atoms. The molecule has 0 aromatic heterocycles. The van der Waals surface area contributed by atoms with Crippen molar-refractivity contribution in [2.75, 3.05) is 6.54 Å². The zero-order valence-electron chi connectivity index (χ0n) is 12.2. The molecule has 1 aliphatic heterocycles. The van der Waals surface area contributed by atoms with Gasteiger partial charge in [0.15, 0.2) is 0 Å².